The number of carbonyl (C=O) groups excluding carboxylic acids is 1. The maximum atomic E-state index is 12.3. The van der Waals surface area contributed by atoms with Gasteiger partial charge in [0.15, 0.2) is 5.96 Å². The van der Waals surface area contributed by atoms with Crippen molar-refractivity contribution in [2.45, 2.75) is 13.3 Å². The lowest BCUT2D eigenvalue weighted by Crippen LogP contribution is -2.53. The number of hydrogen-bond donors (Lipinski definition) is 2. The molecular weight excluding hydrogens is 354 g/mol. The molecule has 1 aliphatic rings. The molecular formula is C20H27N7O. The third kappa shape index (κ3) is 5.18. The highest BCUT2D eigenvalue weighted by atomic mass is 16.1. The summed E-state index contributed by atoms with van der Waals surface area (Å²) in [6.07, 6.45) is 4.45. The second-order valence-corrected chi connectivity index (χ2v) is 6.53. The van der Waals surface area contributed by atoms with Crippen LogP contribution in [0, 0.1) is 0 Å². The molecule has 1 saturated heterocycles. The maximum absolute atomic E-state index is 12.3. The largest absolute Gasteiger partial charge is 0.347 e. The van der Waals surface area contributed by atoms with Crippen LogP contribution in [0.15, 0.2) is 47.7 Å². The third-order valence-corrected chi connectivity index (χ3v) is 4.65. The molecule has 0 radical (unpaired) electrons. The summed E-state index contributed by atoms with van der Waals surface area (Å²) in [7, 11) is 1.73. The van der Waals surface area contributed by atoms with Crippen LogP contribution in [0.25, 0.3) is 0 Å². The van der Waals surface area contributed by atoms with Crippen molar-refractivity contribution in [3.8, 4) is 0 Å². The summed E-state index contributed by atoms with van der Waals surface area (Å²) in [5.41, 5.74) is 2.01. The maximum Gasteiger partial charge on any atom is 0.243 e. The van der Waals surface area contributed by atoms with Crippen molar-refractivity contribution in [1.82, 2.24) is 20.2 Å². The first-order chi connectivity index (χ1) is 13.7. The van der Waals surface area contributed by atoms with Gasteiger partial charge in [0.1, 0.15) is 0 Å². The molecule has 28 heavy (non-hydrogen) atoms. The van der Waals surface area contributed by atoms with Crippen LogP contribution in [0.4, 0.5) is 11.6 Å². The van der Waals surface area contributed by atoms with Crippen LogP contribution in [0.2, 0.25) is 0 Å². The Morgan fingerprint density at radius 3 is 2.57 bits per heavy atom. The predicted molar refractivity (Wildman–Crippen MR) is 112 cm³/mol. The van der Waals surface area contributed by atoms with Gasteiger partial charge in [-0.15, -0.1) is 0 Å². The highest BCUT2D eigenvalue weighted by Crippen LogP contribution is 2.11. The number of nitrogens with one attached hydrogen (secondary N) is 2. The number of rotatable bonds is 5. The lowest BCUT2D eigenvalue weighted by molar-refractivity contribution is -0.115. The number of aliphatic imine (C=N–C) groups is 1. The Bertz CT molecular complexity index is 801. The zero-order valence-corrected chi connectivity index (χ0v) is 16.4. The van der Waals surface area contributed by atoms with Crippen molar-refractivity contribution in [3.63, 3.8) is 0 Å². The minimum Gasteiger partial charge on any atom is -0.347 e. The molecule has 0 spiro atoms. The number of anilines is 2. The van der Waals surface area contributed by atoms with Crippen molar-refractivity contribution >= 4 is 23.5 Å². The summed E-state index contributed by atoms with van der Waals surface area (Å²) in [5.74, 6) is 1.38. The summed E-state index contributed by atoms with van der Waals surface area (Å²) in [5, 5.41) is 6.08. The minimum absolute atomic E-state index is 0.0919. The lowest BCUT2D eigenvalue weighted by Gasteiger charge is -2.36. The molecule has 0 saturated carbocycles. The molecule has 1 aromatic heterocycles. The number of amides is 1. The van der Waals surface area contributed by atoms with Gasteiger partial charge < -0.3 is 20.4 Å². The van der Waals surface area contributed by atoms with Crippen LogP contribution in [0.5, 0.6) is 0 Å². The van der Waals surface area contributed by atoms with Crippen LogP contribution in [-0.4, -0.2) is 66.5 Å². The van der Waals surface area contributed by atoms with Crippen LogP contribution in [0.3, 0.4) is 0 Å². The monoisotopic (exact) mass is 381 g/mol. The highest BCUT2D eigenvalue weighted by Gasteiger charge is 2.21. The van der Waals surface area contributed by atoms with E-state index in [1.807, 2.05) is 24.3 Å². The molecule has 0 aliphatic carbocycles. The standard InChI is InChI=1S/C20H27N7O/c1-3-16-6-4-7-17(14-16)25-18(28)15-24-19(21-2)26-10-12-27(13-11-26)20-22-8-5-9-23-20/h4-9,14H,3,10-13,15H2,1-2H3,(H,21,24)(H,25,28). The first-order valence-corrected chi connectivity index (χ1v) is 9.56. The average molecular weight is 381 g/mol. The Balaban J connectivity index is 1.47. The zero-order valence-electron chi connectivity index (χ0n) is 16.4. The van der Waals surface area contributed by atoms with Gasteiger partial charge in [0.25, 0.3) is 0 Å². The molecule has 2 N–H and O–H groups in total. The summed E-state index contributed by atoms with van der Waals surface area (Å²) in [4.78, 5) is 29.5. The number of piperazine rings is 1. The van der Waals surface area contributed by atoms with Crippen molar-refractivity contribution in [2.24, 2.45) is 4.99 Å². The van der Waals surface area contributed by atoms with Crippen LogP contribution < -0.4 is 15.5 Å². The zero-order chi connectivity index (χ0) is 19.8. The summed E-state index contributed by atoms with van der Waals surface area (Å²) in [6.45, 7) is 5.46. The fourth-order valence-corrected chi connectivity index (χ4v) is 3.14. The van der Waals surface area contributed by atoms with E-state index in [9.17, 15) is 4.79 Å². The van der Waals surface area contributed by atoms with E-state index in [0.29, 0.717) is 0 Å². The predicted octanol–water partition coefficient (Wildman–Crippen LogP) is 1.38. The Hall–Kier alpha value is -3.16. The lowest BCUT2D eigenvalue weighted by atomic mass is 10.1. The van der Waals surface area contributed by atoms with Crippen molar-refractivity contribution in [2.75, 3.05) is 50.0 Å². The van der Waals surface area contributed by atoms with Gasteiger partial charge >= 0.3 is 0 Å². The smallest absolute Gasteiger partial charge is 0.243 e. The topological polar surface area (TPSA) is 85.8 Å². The van der Waals surface area contributed by atoms with E-state index in [0.717, 1.165) is 50.2 Å². The van der Waals surface area contributed by atoms with Gasteiger partial charge in [0.05, 0.1) is 6.54 Å². The number of aromatic nitrogens is 2. The van der Waals surface area contributed by atoms with E-state index in [-0.39, 0.29) is 12.5 Å². The van der Waals surface area contributed by atoms with Gasteiger partial charge in [-0.1, -0.05) is 19.1 Å². The Morgan fingerprint density at radius 2 is 1.89 bits per heavy atom. The van der Waals surface area contributed by atoms with Crippen LogP contribution in [-0.2, 0) is 11.2 Å². The van der Waals surface area contributed by atoms with Gasteiger partial charge in [0.2, 0.25) is 11.9 Å². The van der Waals surface area contributed by atoms with E-state index in [1.165, 1.54) is 5.56 Å². The SMILES string of the molecule is CCc1cccc(NC(=O)CNC(=NC)N2CCN(c3ncccn3)CC2)c1. The Labute approximate surface area is 165 Å². The average Bonchev–Trinajstić information content (AvgIpc) is 2.75. The summed E-state index contributed by atoms with van der Waals surface area (Å²) >= 11 is 0. The molecule has 1 fully saturated rings. The number of aryl methyl sites for hydroxylation is 1. The molecule has 1 amide bonds. The van der Waals surface area contributed by atoms with Crippen LogP contribution >= 0.6 is 0 Å². The number of guanidine groups is 1. The molecule has 0 atom stereocenters. The molecule has 2 aromatic rings. The summed E-state index contributed by atoms with van der Waals surface area (Å²) in [6, 6.07) is 9.72. The fraction of sp³-hybridized carbons (Fsp3) is 0.400. The van der Waals surface area contributed by atoms with Gasteiger partial charge in [0, 0.05) is 51.3 Å². The van der Waals surface area contributed by atoms with E-state index < -0.39 is 0 Å². The highest BCUT2D eigenvalue weighted by molar-refractivity contribution is 5.95. The first kappa shape index (κ1) is 19.6. The first-order valence-electron chi connectivity index (χ1n) is 9.56. The van der Waals surface area contributed by atoms with E-state index in [4.69, 9.17) is 0 Å². The molecule has 8 heteroatoms. The second kappa shape index (κ2) is 9.68. The minimum atomic E-state index is -0.0919. The van der Waals surface area contributed by atoms with Crippen molar-refractivity contribution in [1.29, 1.82) is 0 Å². The van der Waals surface area contributed by atoms with Gasteiger partial charge in [-0.05, 0) is 30.2 Å². The van der Waals surface area contributed by atoms with Gasteiger partial charge in [-0.3, -0.25) is 9.79 Å². The molecule has 0 bridgehead atoms. The molecule has 8 nitrogen and oxygen atoms in total. The normalized spacial score (nSPS) is 14.7. The number of benzene rings is 1. The Morgan fingerprint density at radius 1 is 1.14 bits per heavy atom. The van der Waals surface area contributed by atoms with Crippen molar-refractivity contribution < 1.29 is 4.79 Å². The van der Waals surface area contributed by atoms with Gasteiger partial charge in [-0.25, -0.2) is 9.97 Å². The second-order valence-electron chi connectivity index (χ2n) is 6.53. The summed E-state index contributed by atoms with van der Waals surface area (Å²) < 4.78 is 0. The Kier molecular flexibility index (Phi) is 6.78. The molecule has 0 unspecified atom stereocenters. The fourth-order valence-electron chi connectivity index (χ4n) is 3.14. The van der Waals surface area contributed by atoms with Crippen LogP contribution in [0.1, 0.15) is 12.5 Å². The quantitative estimate of drug-likeness (QED) is 0.601. The molecule has 2 heterocycles. The van der Waals surface area contributed by atoms with E-state index in [1.54, 1.807) is 19.4 Å². The molecule has 1 aromatic carbocycles. The van der Waals surface area contributed by atoms with E-state index in [2.05, 4.69) is 48.4 Å². The number of nitrogens with zero attached hydrogens (tertiary/aromatic N) is 5. The third-order valence-electron chi connectivity index (χ3n) is 4.65. The molecule has 3 rings (SSSR count). The number of carbonyl (C=O) groups is 1. The van der Waals surface area contributed by atoms with Gasteiger partial charge in [-0.2, -0.15) is 0 Å². The number of hydrogen-bond acceptors (Lipinski definition) is 5. The molecule has 1 aliphatic heterocycles. The molecule has 148 valence electrons. The van der Waals surface area contributed by atoms with E-state index >= 15 is 0 Å². The van der Waals surface area contributed by atoms with Crippen molar-refractivity contribution in [3.05, 3.63) is 48.3 Å².